The van der Waals surface area contributed by atoms with Gasteiger partial charge in [-0.15, -0.1) is 29.7 Å². The van der Waals surface area contributed by atoms with Gasteiger partial charge in [0.05, 0.1) is 29.1 Å². The molecule has 0 atom stereocenters. The van der Waals surface area contributed by atoms with Crippen LogP contribution in [0.5, 0.6) is 5.75 Å². The molecule has 0 radical (unpaired) electrons. The second-order valence-corrected chi connectivity index (χ2v) is 9.42. The number of tetrazole rings is 2. The van der Waals surface area contributed by atoms with Gasteiger partial charge in [0, 0.05) is 12.5 Å². The molecule has 6 aromatic rings. The minimum atomic E-state index is -1.56. The third-order valence-electron chi connectivity index (χ3n) is 6.45. The molecule has 0 saturated heterocycles. The summed E-state index contributed by atoms with van der Waals surface area (Å²) in [4.78, 5) is 49.2. The largest absolute Gasteiger partial charge is 0.490 e. The molecule has 0 aliphatic rings. The van der Waals surface area contributed by atoms with Crippen molar-refractivity contribution in [2.75, 3.05) is 17.2 Å². The summed E-state index contributed by atoms with van der Waals surface area (Å²) in [5, 5.41) is 53.0. The van der Waals surface area contributed by atoms with Crippen molar-refractivity contribution in [3.63, 3.8) is 0 Å². The number of nitrogens with one attached hydrogen (secondary N) is 2. The average molecular weight is 646 g/mol. The molecule has 2 amide bonds. The van der Waals surface area contributed by atoms with E-state index in [-0.39, 0.29) is 46.0 Å². The third-order valence-corrected chi connectivity index (χ3v) is 6.45. The third kappa shape index (κ3) is 6.15. The fourth-order valence-corrected chi connectivity index (χ4v) is 4.22. The Bertz CT molecular complexity index is 2080. The van der Waals surface area contributed by atoms with Crippen molar-refractivity contribution >= 4 is 46.4 Å². The van der Waals surface area contributed by atoms with Gasteiger partial charge in [-0.2, -0.15) is 0 Å². The van der Waals surface area contributed by atoms with Gasteiger partial charge in [0.1, 0.15) is 5.82 Å². The summed E-state index contributed by atoms with van der Waals surface area (Å²) < 4.78 is 37.1. The quantitative estimate of drug-likeness (QED) is 0.163. The molecule has 0 aliphatic heterocycles. The van der Waals surface area contributed by atoms with Crippen molar-refractivity contribution in [3.05, 3.63) is 88.2 Å². The highest BCUT2D eigenvalue weighted by Gasteiger charge is 2.22. The summed E-state index contributed by atoms with van der Waals surface area (Å²) in [6.45, 7) is -0.400. The van der Waals surface area contributed by atoms with E-state index < -0.39 is 58.9 Å². The van der Waals surface area contributed by atoms with E-state index in [2.05, 4.69) is 51.9 Å². The van der Waals surface area contributed by atoms with Crippen molar-refractivity contribution < 1.29 is 42.9 Å². The Balaban J connectivity index is 1.19. The Morgan fingerprint density at radius 3 is 1.77 bits per heavy atom. The molecule has 0 aliphatic carbocycles. The standard InChI is InChI=1S/C26H16F2N12O7/c27-14-8-12(25(43)44)18(29-23(41)16-1-3-21-31-35-37-39(21)33-16)7-11(14)5-6-47-20-10-19(13(26(45)46)9-15(20)28)30-24(42)17-2-4-22-32-36-38-40(22)34-17/h1-4,7-10H,5-6H2,(H,29,41)(H,30,42)(H,43,44)(H,45,46). The van der Waals surface area contributed by atoms with Gasteiger partial charge in [-0.05, 0) is 68.9 Å². The highest BCUT2D eigenvalue weighted by Crippen LogP contribution is 2.28. The number of ether oxygens (including phenoxy) is 1. The van der Waals surface area contributed by atoms with Gasteiger partial charge in [-0.3, -0.25) is 9.59 Å². The molecule has 0 bridgehead atoms. The zero-order valence-corrected chi connectivity index (χ0v) is 23.2. The SMILES string of the molecule is O=C(Nc1cc(CCOc2cc(NC(=O)c3ccc4nnnn4n3)c(C(=O)O)cc2F)c(F)cc1C(=O)O)c1ccc2nnnn2n1. The molecule has 0 saturated carbocycles. The van der Waals surface area contributed by atoms with Crippen LogP contribution in [-0.4, -0.2) is 91.1 Å². The summed E-state index contributed by atoms with van der Waals surface area (Å²) in [5.74, 6) is -7.36. The maximum absolute atomic E-state index is 14.9. The van der Waals surface area contributed by atoms with E-state index in [4.69, 9.17) is 4.74 Å². The predicted octanol–water partition coefficient (Wildman–Crippen LogP) is 1.15. The van der Waals surface area contributed by atoms with E-state index in [0.29, 0.717) is 12.1 Å². The summed E-state index contributed by atoms with van der Waals surface area (Å²) in [6.07, 6.45) is -0.263. The zero-order chi connectivity index (χ0) is 33.2. The van der Waals surface area contributed by atoms with Crippen LogP contribution in [0.1, 0.15) is 47.3 Å². The van der Waals surface area contributed by atoms with E-state index >= 15 is 0 Å². The minimum Gasteiger partial charge on any atom is -0.490 e. The number of carbonyl (C=O) groups is 4. The molecule has 2 aromatic carbocycles. The summed E-state index contributed by atoms with van der Waals surface area (Å²) in [5.41, 5.74) is -1.76. The summed E-state index contributed by atoms with van der Waals surface area (Å²) in [6, 6.07) is 8.69. The second kappa shape index (κ2) is 12.1. The van der Waals surface area contributed by atoms with Crippen LogP contribution in [0.4, 0.5) is 20.2 Å². The van der Waals surface area contributed by atoms with E-state index in [9.17, 15) is 38.2 Å². The molecule has 4 aromatic heterocycles. The Labute approximate surface area is 257 Å². The zero-order valence-electron chi connectivity index (χ0n) is 23.2. The van der Waals surface area contributed by atoms with E-state index in [1.807, 2.05) is 0 Å². The number of carboxylic acid groups (broad SMARTS) is 2. The van der Waals surface area contributed by atoms with Crippen LogP contribution >= 0.6 is 0 Å². The molecule has 236 valence electrons. The summed E-state index contributed by atoms with van der Waals surface area (Å²) >= 11 is 0. The predicted molar refractivity (Wildman–Crippen MR) is 149 cm³/mol. The highest BCUT2D eigenvalue weighted by molar-refractivity contribution is 6.07. The van der Waals surface area contributed by atoms with Gasteiger partial charge in [0.25, 0.3) is 11.8 Å². The van der Waals surface area contributed by atoms with Gasteiger partial charge in [-0.1, -0.05) is 0 Å². The van der Waals surface area contributed by atoms with Crippen molar-refractivity contribution in [2.45, 2.75) is 6.42 Å². The van der Waals surface area contributed by atoms with Gasteiger partial charge in [-0.25, -0.2) is 18.4 Å². The van der Waals surface area contributed by atoms with Gasteiger partial charge in [0.2, 0.25) is 0 Å². The lowest BCUT2D eigenvalue weighted by molar-refractivity contribution is 0.0686. The van der Waals surface area contributed by atoms with Crippen LogP contribution in [0.15, 0.2) is 48.5 Å². The van der Waals surface area contributed by atoms with Crippen LogP contribution in [0.25, 0.3) is 11.3 Å². The van der Waals surface area contributed by atoms with Crippen LogP contribution in [0.3, 0.4) is 0 Å². The van der Waals surface area contributed by atoms with E-state index in [1.54, 1.807) is 0 Å². The lowest BCUT2D eigenvalue weighted by Gasteiger charge is -2.14. The van der Waals surface area contributed by atoms with Crippen LogP contribution in [-0.2, 0) is 6.42 Å². The van der Waals surface area contributed by atoms with Gasteiger partial charge >= 0.3 is 11.9 Å². The fourth-order valence-electron chi connectivity index (χ4n) is 4.22. The number of aromatic carboxylic acids is 2. The number of hydrogen-bond acceptors (Lipinski definition) is 13. The number of aromatic nitrogens is 10. The van der Waals surface area contributed by atoms with Crippen molar-refractivity contribution in [1.82, 2.24) is 50.5 Å². The maximum Gasteiger partial charge on any atom is 0.337 e. The highest BCUT2D eigenvalue weighted by atomic mass is 19.1. The van der Waals surface area contributed by atoms with Gasteiger partial charge in [0.15, 0.2) is 34.2 Å². The lowest BCUT2D eigenvalue weighted by atomic mass is 10.1. The molecule has 0 spiro atoms. The summed E-state index contributed by atoms with van der Waals surface area (Å²) in [7, 11) is 0. The number of carbonyl (C=O) groups excluding carboxylic acids is 2. The number of fused-ring (bicyclic) bond motifs is 2. The Morgan fingerprint density at radius 1 is 0.723 bits per heavy atom. The number of benzene rings is 2. The molecular formula is C26H16F2N12O7. The van der Waals surface area contributed by atoms with E-state index in [0.717, 1.165) is 21.4 Å². The van der Waals surface area contributed by atoms with Crippen molar-refractivity contribution in [1.29, 1.82) is 0 Å². The van der Waals surface area contributed by atoms with Gasteiger partial charge < -0.3 is 25.6 Å². The number of hydrogen-bond donors (Lipinski definition) is 4. The molecule has 47 heavy (non-hydrogen) atoms. The molecule has 4 N–H and O–H groups in total. The Hall–Kier alpha value is -7.06. The number of carboxylic acids is 2. The number of amides is 2. The Morgan fingerprint density at radius 2 is 1.23 bits per heavy atom. The topological polar surface area (TPSA) is 254 Å². The number of nitrogens with zero attached hydrogens (tertiary/aromatic N) is 10. The van der Waals surface area contributed by atoms with Crippen LogP contribution < -0.4 is 15.4 Å². The monoisotopic (exact) mass is 646 g/mol. The molecule has 4 heterocycles. The van der Waals surface area contributed by atoms with E-state index in [1.165, 1.54) is 24.3 Å². The molecule has 21 heteroatoms. The number of anilines is 2. The molecule has 0 fully saturated rings. The molecule has 0 unspecified atom stereocenters. The number of rotatable bonds is 10. The lowest BCUT2D eigenvalue weighted by Crippen LogP contribution is -2.18. The first kappa shape index (κ1) is 30.0. The first-order valence-corrected chi connectivity index (χ1v) is 13.1. The number of halogens is 2. The van der Waals surface area contributed by atoms with Crippen LogP contribution in [0, 0.1) is 11.6 Å². The molecular weight excluding hydrogens is 630 g/mol. The first-order valence-electron chi connectivity index (χ1n) is 13.1. The smallest absolute Gasteiger partial charge is 0.337 e. The second-order valence-electron chi connectivity index (χ2n) is 9.42. The maximum atomic E-state index is 14.9. The Kier molecular flexibility index (Phi) is 7.75. The van der Waals surface area contributed by atoms with Crippen molar-refractivity contribution in [2.24, 2.45) is 0 Å². The average Bonchev–Trinajstić information content (AvgIpc) is 3.72. The minimum absolute atomic E-state index is 0.116. The molecule has 6 rings (SSSR count). The van der Waals surface area contributed by atoms with Crippen molar-refractivity contribution in [3.8, 4) is 5.75 Å². The fraction of sp³-hybridized carbons (Fsp3) is 0.0769. The normalized spacial score (nSPS) is 11.0. The van der Waals surface area contributed by atoms with Crippen LogP contribution in [0.2, 0.25) is 0 Å². The first-order chi connectivity index (χ1) is 22.6. The molecule has 19 nitrogen and oxygen atoms in total.